The summed E-state index contributed by atoms with van der Waals surface area (Å²) < 4.78 is 39.0. The Balaban J connectivity index is 2.54. The van der Waals surface area contributed by atoms with Gasteiger partial charge in [0, 0.05) is 16.8 Å². The largest absolute Gasteiger partial charge is 0.416 e. The number of nitrogens with zero attached hydrogens (tertiary/aromatic N) is 1. The Morgan fingerprint density at radius 3 is 2.53 bits per heavy atom. The number of hydrogen-bond donors (Lipinski definition) is 1. The highest BCUT2D eigenvalue weighted by Gasteiger charge is 2.30. The van der Waals surface area contributed by atoms with Crippen molar-refractivity contribution in [1.82, 2.24) is 4.57 Å². The van der Waals surface area contributed by atoms with Crippen molar-refractivity contribution in [3.05, 3.63) is 45.7 Å². The van der Waals surface area contributed by atoms with Crippen molar-refractivity contribution in [3.8, 4) is 5.69 Å². The maximum Gasteiger partial charge on any atom is 0.416 e. The zero-order valence-corrected chi connectivity index (χ0v) is 9.69. The number of benzene rings is 1. The summed E-state index contributed by atoms with van der Waals surface area (Å²) in [4.78, 5) is 1.09. The number of aromatic nitrogens is 1. The molecule has 1 N–H and O–H groups in total. The Hall–Kier alpha value is -1.56. The fourth-order valence-electron chi connectivity index (χ4n) is 1.49. The number of alkyl halides is 3. The lowest BCUT2D eigenvalue weighted by atomic mass is 10.2. The smallest absolute Gasteiger partial charge is 0.293 e. The molecule has 0 radical (unpaired) electrons. The van der Waals surface area contributed by atoms with E-state index in [1.807, 2.05) is 6.92 Å². The third-order valence-electron chi connectivity index (χ3n) is 2.24. The highest BCUT2D eigenvalue weighted by atomic mass is 32.1. The van der Waals surface area contributed by atoms with E-state index in [9.17, 15) is 13.2 Å². The van der Waals surface area contributed by atoms with Crippen LogP contribution < -0.4 is 4.80 Å². The van der Waals surface area contributed by atoms with Crippen LogP contribution in [-0.4, -0.2) is 4.57 Å². The number of thiazole rings is 1. The SMILES string of the molecule is Cc1cn(-c2cccc(C(F)(F)F)c2)c(=N)s1. The van der Waals surface area contributed by atoms with Crippen LogP contribution in [0.15, 0.2) is 30.5 Å². The van der Waals surface area contributed by atoms with E-state index in [-0.39, 0.29) is 4.80 Å². The summed E-state index contributed by atoms with van der Waals surface area (Å²) in [5.74, 6) is 0. The fraction of sp³-hybridized carbons (Fsp3) is 0.182. The lowest BCUT2D eigenvalue weighted by Gasteiger charge is -2.09. The summed E-state index contributed by atoms with van der Waals surface area (Å²) in [6.07, 6.45) is -2.70. The van der Waals surface area contributed by atoms with Crippen molar-refractivity contribution in [1.29, 1.82) is 5.41 Å². The third kappa shape index (κ3) is 2.41. The van der Waals surface area contributed by atoms with Crippen LogP contribution in [0.2, 0.25) is 0 Å². The van der Waals surface area contributed by atoms with Crippen molar-refractivity contribution in [2.24, 2.45) is 0 Å². The topological polar surface area (TPSA) is 28.8 Å². The molecule has 17 heavy (non-hydrogen) atoms. The molecule has 0 fully saturated rings. The maximum absolute atomic E-state index is 12.5. The average Bonchev–Trinajstić information content (AvgIpc) is 2.57. The van der Waals surface area contributed by atoms with Crippen LogP contribution in [0.3, 0.4) is 0 Å². The van der Waals surface area contributed by atoms with Gasteiger partial charge < -0.3 is 0 Å². The molecule has 0 aliphatic rings. The summed E-state index contributed by atoms with van der Waals surface area (Å²) in [5.41, 5.74) is -0.347. The van der Waals surface area contributed by atoms with E-state index in [1.54, 1.807) is 12.3 Å². The number of hydrogen-bond acceptors (Lipinski definition) is 2. The van der Waals surface area contributed by atoms with Crippen molar-refractivity contribution in [2.45, 2.75) is 13.1 Å². The van der Waals surface area contributed by atoms with E-state index in [1.165, 1.54) is 22.0 Å². The Kier molecular flexibility index (Phi) is 2.82. The van der Waals surface area contributed by atoms with Gasteiger partial charge in [-0.2, -0.15) is 13.2 Å². The first kappa shape index (κ1) is 11.9. The number of nitrogens with one attached hydrogen (secondary N) is 1. The van der Waals surface area contributed by atoms with Crippen LogP contribution >= 0.6 is 11.3 Å². The van der Waals surface area contributed by atoms with Gasteiger partial charge in [-0.05, 0) is 25.1 Å². The van der Waals surface area contributed by atoms with Gasteiger partial charge in [0.15, 0.2) is 4.80 Å². The highest BCUT2D eigenvalue weighted by molar-refractivity contribution is 7.09. The minimum atomic E-state index is -4.36. The second kappa shape index (κ2) is 4.03. The minimum Gasteiger partial charge on any atom is -0.293 e. The first-order valence-electron chi connectivity index (χ1n) is 4.79. The van der Waals surface area contributed by atoms with Gasteiger partial charge in [0.25, 0.3) is 0 Å². The third-order valence-corrected chi connectivity index (χ3v) is 3.06. The Labute approximate surface area is 99.5 Å². The first-order valence-corrected chi connectivity index (χ1v) is 5.61. The van der Waals surface area contributed by atoms with Crippen LogP contribution in [0.25, 0.3) is 5.69 Å². The molecule has 0 saturated heterocycles. The Morgan fingerprint density at radius 2 is 2.00 bits per heavy atom. The van der Waals surface area contributed by atoms with Crippen molar-refractivity contribution in [2.75, 3.05) is 0 Å². The second-order valence-corrected chi connectivity index (χ2v) is 4.80. The lowest BCUT2D eigenvalue weighted by molar-refractivity contribution is -0.137. The van der Waals surface area contributed by atoms with Gasteiger partial charge >= 0.3 is 6.18 Å². The predicted octanol–water partition coefficient (Wildman–Crippen LogP) is 3.35. The molecule has 90 valence electrons. The van der Waals surface area contributed by atoms with Gasteiger partial charge in [0.1, 0.15) is 0 Å². The normalized spacial score (nSPS) is 11.8. The number of halogens is 3. The number of aryl methyl sites for hydroxylation is 1. The molecule has 0 unspecified atom stereocenters. The molecule has 1 aromatic carbocycles. The fourth-order valence-corrected chi connectivity index (χ4v) is 2.21. The molecule has 0 atom stereocenters. The zero-order valence-electron chi connectivity index (χ0n) is 8.88. The molecule has 1 aromatic heterocycles. The molecule has 0 amide bonds. The summed E-state index contributed by atoms with van der Waals surface area (Å²) in [6.45, 7) is 1.81. The molecule has 0 aliphatic heterocycles. The Bertz CT molecular complexity index is 595. The van der Waals surface area contributed by atoms with Crippen LogP contribution in [0, 0.1) is 12.3 Å². The predicted molar refractivity (Wildman–Crippen MR) is 59.2 cm³/mol. The van der Waals surface area contributed by atoms with E-state index < -0.39 is 11.7 Å². The van der Waals surface area contributed by atoms with E-state index in [2.05, 4.69) is 0 Å². The van der Waals surface area contributed by atoms with Crippen molar-refractivity contribution >= 4 is 11.3 Å². The second-order valence-electron chi connectivity index (χ2n) is 3.57. The molecule has 0 saturated carbocycles. The van der Waals surface area contributed by atoms with Gasteiger partial charge in [-0.3, -0.25) is 9.98 Å². The molecular formula is C11H9F3N2S. The quantitative estimate of drug-likeness (QED) is 0.812. The molecular weight excluding hydrogens is 249 g/mol. The van der Waals surface area contributed by atoms with Crippen LogP contribution in [-0.2, 0) is 6.18 Å². The van der Waals surface area contributed by atoms with Crippen molar-refractivity contribution in [3.63, 3.8) is 0 Å². The van der Waals surface area contributed by atoms with Gasteiger partial charge in [-0.1, -0.05) is 6.07 Å². The maximum atomic E-state index is 12.5. The standard InChI is InChI=1S/C11H9F3N2S/c1-7-6-16(10(15)17-7)9-4-2-3-8(5-9)11(12,13)14/h2-6,15H,1H3. The summed E-state index contributed by atoms with van der Waals surface area (Å²) in [7, 11) is 0. The van der Waals surface area contributed by atoms with E-state index in [4.69, 9.17) is 5.41 Å². The Morgan fingerprint density at radius 1 is 1.29 bits per heavy atom. The molecule has 6 heteroatoms. The molecule has 0 aliphatic carbocycles. The van der Waals surface area contributed by atoms with Gasteiger partial charge in [0.2, 0.25) is 0 Å². The van der Waals surface area contributed by atoms with E-state index >= 15 is 0 Å². The summed E-state index contributed by atoms with van der Waals surface area (Å²) >= 11 is 1.23. The first-order chi connectivity index (χ1) is 7.88. The van der Waals surface area contributed by atoms with Crippen LogP contribution in [0.5, 0.6) is 0 Å². The molecule has 1 heterocycles. The lowest BCUT2D eigenvalue weighted by Crippen LogP contribution is -2.11. The molecule has 2 nitrogen and oxygen atoms in total. The van der Waals surface area contributed by atoms with E-state index in [0.717, 1.165) is 17.0 Å². The minimum absolute atomic E-state index is 0.210. The highest BCUT2D eigenvalue weighted by Crippen LogP contribution is 2.30. The van der Waals surface area contributed by atoms with E-state index in [0.29, 0.717) is 5.69 Å². The molecule has 2 aromatic rings. The van der Waals surface area contributed by atoms with Crippen LogP contribution in [0.4, 0.5) is 13.2 Å². The monoisotopic (exact) mass is 258 g/mol. The summed E-state index contributed by atoms with van der Waals surface area (Å²) in [5, 5.41) is 7.66. The molecule has 0 spiro atoms. The van der Waals surface area contributed by atoms with Gasteiger partial charge in [-0.15, -0.1) is 11.3 Å². The molecule has 0 bridgehead atoms. The summed E-state index contributed by atoms with van der Waals surface area (Å²) in [6, 6.07) is 4.97. The van der Waals surface area contributed by atoms with Gasteiger partial charge in [0.05, 0.1) is 5.56 Å². The van der Waals surface area contributed by atoms with Crippen LogP contribution in [0.1, 0.15) is 10.4 Å². The average molecular weight is 258 g/mol. The van der Waals surface area contributed by atoms with Crippen molar-refractivity contribution < 1.29 is 13.2 Å². The zero-order chi connectivity index (χ0) is 12.6. The molecule has 2 rings (SSSR count). The van der Waals surface area contributed by atoms with Gasteiger partial charge in [-0.25, -0.2) is 0 Å². The number of rotatable bonds is 1.